The number of aliphatic hydroxyl groups excluding tert-OH is 1. The van der Waals surface area contributed by atoms with Crippen LogP contribution in [-0.4, -0.2) is 65.4 Å². The van der Waals surface area contributed by atoms with Gasteiger partial charge in [0, 0.05) is 25.9 Å². The molecule has 0 spiro atoms. The van der Waals surface area contributed by atoms with E-state index in [1.54, 1.807) is 13.8 Å². The smallest absolute Gasteiger partial charge is 0.245 e. The Balaban J connectivity index is 2.66. The van der Waals surface area contributed by atoms with Gasteiger partial charge < -0.3 is 15.7 Å². The third kappa shape index (κ3) is 7.55. The van der Waals surface area contributed by atoms with Crippen LogP contribution in [0.15, 0.2) is 0 Å². The van der Waals surface area contributed by atoms with Gasteiger partial charge in [-0.2, -0.15) is 0 Å². The third-order valence-corrected chi connectivity index (χ3v) is 4.54. The van der Waals surface area contributed by atoms with Crippen molar-refractivity contribution in [3.63, 3.8) is 0 Å². The number of amides is 3. The molecule has 160 valence electrons. The minimum atomic E-state index is -0.799. The minimum Gasteiger partial charge on any atom is -0.389 e. The van der Waals surface area contributed by atoms with Gasteiger partial charge in [-0.3, -0.25) is 24.2 Å². The Kier molecular flexibility index (Phi) is 10.1. The number of Topliss-reactive ketones (excluding diaryl/α,β-unsaturated/α-hetero) is 1. The number of hydrogen-bond acceptors (Lipinski definition) is 6. The number of nitrogens with one attached hydrogen (secondary N) is 3. The lowest BCUT2D eigenvalue weighted by molar-refractivity contribution is -0.147. The zero-order valence-electron chi connectivity index (χ0n) is 17.3. The fourth-order valence-electron chi connectivity index (χ4n) is 3.08. The van der Waals surface area contributed by atoms with Crippen LogP contribution < -0.4 is 16.1 Å². The van der Waals surface area contributed by atoms with Crippen LogP contribution in [0.1, 0.15) is 53.4 Å². The van der Waals surface area contributed by atoms with Gasteiger partial charge in [0.2, 0.25) is 17.7 Å². The Hall–Kier alpha value is -2.00. The van der Waals surface area contributed by atoms with Crippen LogP contribution in [0.3, 0.4) is 0 Å². The molecule has 0 saturated carbocycles. The lowest BCUT2D eigenvalue weighted by Gasteiger charge is -2.36. The van der Waals surface area contributed by atoms with E-state index in [0.717, 1.165) is 0 Å². The van der Waals surface area contributed by atoms with Gasteiger partial charge in [-0.1, -0.05) is 27.7 Å². The number of ketones is 1. The minimum absolute atomic E-state index is 0.0732. The van der Waals surface area contributed by atoms with Crippen molar-refractivity contribution in [1.82, 2.24) is 21.1 Å². The van der Waals surface area contributed by atoms with Crippen molar-refractivity contribution >= 4 is 23.5 Å². The van der Waals surface area contributed by atoms with Crippen LogP contribution in [0.5, 0.6) is 0 Å². The molecule has 0 aromatic carbocycles. The first-order chi connectivity index (χ1) is 13.2. The first-order valence-corrected chi connectivity index (χ1v) is 9.93. The van der Waals surface area contributed by atoms with E-state index in [9.17, 15) is 19.2 Å². The quantitative estimate of drug-likeness (QED) is 0.401. The number of hydrazine groups is 1. The molecule has 0 bridgehead atoms. The summed E-state index contributed by atoms with van der Waals surface area (Å²) in [5.41, 5.74) is 2.94. The summed E-state index contributed by atoms with van der Waals surface area (Å²) < 4.78 is 0. The van der Waals surface area contributed by atoms with Gasteiger partial charge in [0.15, 0.2) is 5.78 Å². The van der Waals surface area contributed by atoms with E-state index in [4.69, 9.17) is 5.11 Å². The van der Waals surface area contributed by atoms with Crippen LogP contribution in [-0.2, 0) is 19.2 Å². The van der Waals surface area contributed by atoms with E-state index >= 15 is 0 Å². The first kappa shape index (κ1) is 24.0. The Labute approximate surface area is 166 Å². The highest BCUT2D eigenvalue weighted by Crippen LogP contribution is 2.13. The maximum atomic E-state index is 12.7. The standard InChI is InChI=1S/C19H34N4O5/c1-12(2)10-16(26)20-9-7-17(27)23-14(6-5-8-21-23)19(28)22-18(13(3)4)15(25)11-24/h12-14,18,21,24H,5-11H2,1-4H3,(H,20,26)(H,22,28)/t14-,18-/m0/s1. The van der Waals surface area contributed by atoms with Crippen LogP contribution in [0.2, 0.25) is 0 Å². The van der Waals surface area contributed by atoms with Gasteiger partial charge in [0.05, 0.1) is 6.04 Å². The summed E-state index contributed by atoms with van der Waals surface area (Å²) >= 11 is 0. The van der Waals surface area contributed by atoms with Gasteiger partial charge in [-0.05, 0) is 24.7 Å². The Bertz CT molecular complexity index is 565. The predicted octanol–water partition coefficient (Wildman–Crippen LogP) is -0.263. The summed E-state index contributed by atoms with van der Waals surface area (Å²) in [7, 11) is 0. The topological polar surface area (TPSA) is 128 Å². The van der Waals surface area contributed by atoms with Crippen molar-refractivity contribution in [2.75, 3.05) is 19.7 Å². The maximum Gasteiger partial charge on any atom is 0.245 e. The van der Waals surface area contributed by atoms with Crippen molar-refractivity contribution in [2.24, 2.45) is 11.8 Å². The molecule has 1 fully saturated rings. The summed E-state index contributed by atoms with van der Waals surface area (Å²) in [6, 6.07) is -1.54. The van der Waals surface area contributed by atoms with Crippen LogP contribution in [0.4, 0.5) is 0 Å². The molecule has 1 saturated heterocycles. The van der Waals surface area contributed by atoms with Gasteiger partial charge in [-0.15, -0.1) is 0 Å². The third-order valence-electron chi connectivity index (χ3n) is 4.54. The lowest BCUT2D eigenvalue weighted by atomic mass is 9.98. The Morgan fingerprint density at radius 1 is 1.18 bits per heavy atom. The summed E-state index contributed by atoms with van der Waals surface area (Å²) in [5.74, 6) is -1.23. The zero-order valence-corrected chi connectivity index (χ0v) is 17.3. The second kappa shape index (κ2) is 11.8. The molecule has 28 heavy (non-hydrogen) atoms. The predicted molar refractivity (Wildman–Crippen MR) is 104 cm³/mol. The van der Waals surface area contributed by atoms with Crippen LogP contribution in [0, 0.1) is 11.8 Å². The number of hydrogen-bond donors (Lipinski definition) is 4. The van der Waals surface area contributed by atoms with E-state index in [-0.39, 0.29) is 36.6 Å². The molecule has 0 aliphatic carbocycles. The molecule has 1 rings (SSSR count). The molecule has 0 radical (unpaired) electrons. The van der Waals surface area contributed by atoms with Crippen molar-refractivity contribution in [1.29, 1.82) is 0 Å². The molecule has 1 aliphatic rings. The maximum absolute atomic E-state index is 12.7. The Morgan fingerprint density at radius 2 is 1.86 bits per heavy atom. The number of carbonyl (C=O) groups excluding carboxylic acids is 4. The summed E-state index contributed by atoms with van der Waals surface area (Å²) in [5, 5.41) is 15.8. The molecule has 0 aromatic heterocycles. The fourth-order valence-corrected chi connectivity index (χ4v) is 3.08. The molecule has 3 amide bonds. The van der Waals surface area contributed by atoms with Gasteiger partial charge in [-0.25, -0.2) is 5.43 Å². The average molecular weight is 399 g/mol. The molecule has 9 heteroatoms. The van der Waals surface area contributed by atoms with Crippen molar-refractivity contribution in [3.8, 4) is 0 Å². The van der Waals surface area contributed by atoms with Crippen LogP contribution in [0.25, 0.3) is 0 Å². The second-order valence-electron chi connectivity index (χ2n) is 7.88. The SMILES string of the molecule is CC(C)CC(=O)NCCC(=O)N1NCCC[C@H]1C(=O)N[C@H](C(=O)CO)C(C)C. The molecule has 1 aliphatic heterocycles. The number of rotatable bonds is 10. The molecule has 2 atom stereocenters. The molecular weight excluding hydrogens is 364 g/mol. The fraction of sp³-hybridized carbons (Fsp3) is 0.789. The summed E-state index contributed by atoms with van der Waals surface area (Å²) in [6.45, 7) is 7.56. The monoisotopic (exact) mass is 398 g/mol. The molecule has 0 unspecified atom stereocenters. The second-order valence-corrected chi connectivity index (χ2v) is 7.88. The first-order valence-electron chi connectivity index (χ1n) is 9.93. The highest BCUT2D eigenvalue weighted by molar-refractivity contribution is 5.93. The molecular formula is C19H34N4O5. The molecule has 9 nitrogen and oxygen atoms in total. The molecule has 4 N–H and O–H groups in total. The Morgan fingerprint density at radius 3 is 2.43 bits per heavy atom. The van der Waals surface area contributed by atoms with E-state index in [0.29, 0.717) is 25.8 Å². The average Bonchev–Trinajstić information content (AvgIpc) is 2.64. The van der Waals surface area contributed by atoms with Crippen molar-refractivity contribution in [2.45, 2.75) is 65.5 Å². The van der Waals surface area contributed by atoms with E-state index in [1.165, 1.54) is 5.01 Å². The van der Waals surface area contributed by atoms with Gasteiger partial charge in [0.1, 0.15) is 12.6 Å². The highest BCUT2D eigenvalue weighted by atomic mass is 16.3. The van der Waals surface area contributed by atoms with E-state index < -0.39 is 30.4 Å². The molecule has 0 aromatic rings. The lowest BCUT2D eigenvalue weighted by Crippen LogP contribution is -2.61. The van der Waals surface area contributed by atoms with Crippen LogP contribution >= 0.6 is 0 Å². The van der Waals surface area contributed by atoms with Gasteiger partial charge in [0.25, 0.3) is 0 Å². The zero-order chi connectivity index (χ0) is 21.3. The van der Waals surface area contributed by atoms with Gasteiger partial charge >= 0.3 is 0 Å². The highest BCUT2D eigenvalue weighted by Gasteiger charge is 2.34. The summed E-state index contributed by atoms with van der Waals surface area (Å²) in [6.07, 6.45) is 1.66. The van der Waals surface area contributed by atoms with Crippen molar-refractivity contribution in [3.05, 3.63) is 0 Å². The largest absolute Gasteiger partial charge is 0.389 e. The van der Waals surface area contributed by atoms with E-state index in [1.807, 2.05) is 13.8 Å². The number of aliphatic hydroxyl groups is 1. The normalized spacial score (nSPS) is 18.1. The van der Waals surface area contributed by atoms with Crippen molar-refractivity contribution < 1.29 is 24.3 Å². The number of nitrogens with zero attached hydrogens (tertiary/aromatic N) is 1. The van der Waals surface area contributed by atoms with E-state index in [2.05, 4.69) is 16.1 Å². The number of carbonyl (C=O) groups is 4. The molecule has 1 heterocycles. The summed E-state index contributed by atoms with van der Waals surface area (Å²) in [4.78, 5) is 48.8.